The molecule has 29 heteroatoms. The lowest BCUT2D eigenvalue weighted by Crippen LogP contribution is -2.47. The summed E-state index contributed by atoms with van der Waals surface area (Å²) < 4.78 is 198. The van der Waals surface area contributed by atoms with Gasteiger partial charge in [-0.15, -0.1) is 0 Å². The van der Waals surface area contributed by atoms with Crippen LogP contribution >= 0.6 is 11.6 Å². The fraction of sp³-hybridized carbons (Fsp3) is 0.409. The molecule has 0 saturated heterocycles. The van der Waals surface area contributed by atoms with Crippen LogP contribution in [0.15, 0.2) is 42.5 Å². The number of fused-ring (bicyclic) bond motifs is 4. The number of nitrogens with zero attached hydrogens (tertiary/aromatic N) is 6. The van der Waals surface area contributed by atoms with Crippen molar-refractivity contribution in [3.8, 4) is 23.0 Å². The highest BCUT2D eigenvalue weighted by molar-refractivity contribution is 7.93. The first-order valence-electron chi connectivity index (χ1n) is 21.3. The van der Waals surface area contributed by atoms with Crippen LogP contribution in [0.1, 0.15) is 79.0 Å². The summed E-state index contributed by atoms with van der Waals surface area (Å²) in [6, 6.07) is 2.61. The van der Waals surface area contributed by atoms with E-state index in [-0.39, 0.29) is 36.9 Å². The number of anilines is 1. The number of halogens is 11. The van der Waals surface area contributed by atoms with E-state index in [1.807, 2.05) is 0 Å². The minimum absolute atomic E-state index is 0.0729. The molecule has 3 aromatic heterocycles. The Bertz CT molecular complexity index is 3390. The van der Waals surface area contributed by atoms with Crippen LogP contribution in [0.4, 0.5) is 49.7 Å². The van der Waals surface area contributed by atoms with Crippen molar-refractivity contribution in [3.05, 3.63) is 93.0 Å². The van der Waals surface area contributed by atoms with Gasteiger partial charge in [0.05, 0.1) is 40.0 Å². The highest BCUT2D eigenvalue weighted by Crippen LogP contribution is 2.68. The number of sulfonamides is 1. The van der Waals surface area contributed by atoms with Crippen molar-refractivity contribution in [2.75, 3.05) is 16.8 Å². The minimum atomic E-state index is -5.24. The highest BCUT2D eigenvalue weighted by atomic mass is 35.5. The molecule has 0 aliphatic heterocycles. The zero-order chi connectivity index (χ0) is 54.3. The zero-order valence-electron chi connectivity index (χ0n) is 38.1. The smallest absolute Gasteiger partial charge is 0.435 e. The average molecular weight is 1100 g/mol. The van der Waals surface area contributed by atoms with Gasteiger partial charge in [-0.3, -0.25) is 23.7 Å². The van der Waals surface area contributed by atoms with Gasteiger partial charge in [0.1, 0.15) is 40.9 Å². The first-order valence-corrected chi connectivity index (χ1v) is 25.4. The molecule has 2 aliphatic rings. The van der Waals surface area contributed by atoms with Crippen LogP contribution in [0, 0.1) is 29.4 Å². The summed E-state index contributed by atoms with van der Waals surface area (Å²) in [4.78, 5) is 43.7. The first-order chi connectivity index (χ1) is 33.5. The lowest BCUT2D eigenvalue weighted by molar-refractivity contribution is -0.143. The van der Waals surface area contributed by atoms with Crippen molar-refractivity contribution in [1.29, 1.82) is 0 Å². The summed E-state index contributed by atoms with van der Waals surface area (Å²) in [5.74, 6) is -9.27. The van der Waals surface area contributed by atoms with Gasteiger partial charge in [-0.05, 0) is 80.8 Å². The molecule has 2 aromatic carbocycles. The van der Waals surface area contributed by atoms with E-state index in [2.05, 4.69) is 32.3 Å². The van der Waals surface area contributed by atoms with Crippen LogP contribution in [0.3, 0.4) is 0 Å². The molecule has 0 spiro atoms. The average Bonchev–Trinajstić information content (AvgIpc) is 3.76. The number of carboxylic acids is 1. The van der Waals surface area contributed by atoms with Gasteiger partial charge in [-0.25, -0.2) is 30.6 Å². The Hall–Kier alpha value is -6.31. The van der Waals surface area contributed by atoms with E-state index in [1.54, 1.807) is 0 Å². The molecule has 5 aromatic rings. The number of hydrogen-bond donors (Lipinski definition) is 3. The number of alkyl halides is 8. The molecular formula is C44H39ClF10N8O8S2. The van der Waals surface area contributed by atoms with Gasteiger partial charge in [0.25, 0.3) is 11.8 Å². The lowest BCUT2D eigenvalue weighted by Gasteiger charge is -2.23. The number of sulfone groups is 1. The fourth-order valence-electron chi connectivity index (χ4n) is 8.38. The Morgan fingerprint density at radius 2 is 1.60 bits per heavy atom. The third-order valence-electron chi connectivity index (χ3n) is 12.0. The number of rotatable bonds is 15. The molecule has 0 radical (unpaired) electrons. The SMILES string of the molecule is CC(C)(C#Cc1ccc(-c2ccc(Cl)c3c(N(C(=O)[C@@H](N)CCC(=O)O)S(C)(=O)=O)nn(CC(F)(F)F)c23)c([C@H](Cc2cc(F)cc(F)c2)NC(=O)Cn2nc(C(F)(F)F)c3c2C(F)(F)[C@@H]2C[C@H]32)n1)S(C)(=O)=O. The molecule has 1 fully saturated rings. The standard InChI is InChI=1S/C44H39ClF10N8O8S2/c1-41(2,72(3,68)69)12-11-23-5-6-24(25-7-8-28(45)34-36(25)62(19-42(48,49)50)60-39(34)63(73(4,70)71)40(67)29(56)9-10-32(65)66)35(57-23)30(15-20-13-21(46)16-22(47)14-20)58-31(64)18-61-38-33(37(59-61)44(53,54)55)26-17-27(26)43(38,51)52/h5-8,13-14,16,26-27,29-30H,9-10,15,17-19,56H2,1-4H3,(H,58,64)(H,65,66)/t26-,27+,29-,30-/m0/s1. The van der Waals surface area contributed by atoms with E-state index in [4.69, 9.17) is 17.3 Å². The van der Waals surface area contributed by atoms with Crippen LogP contribution in [-0.4, -0.2) is 93.7 Å². The number of carbonyl (C=O) groups excluding carboxylic acids is 2. The summed E-state index contributed by atoms with van der Waals surface area (Å²) in [5.41, 5.74) is -0.313. The number of benzene rings is 2. The van der Waals surface area contributed by atoms with Gasteiger partial charge in [0.2, 0.25) is 15.9 Å². The van der Waals surface area contributed by atoms with Gasteiger partial charge < -0.3 is 16.2 Å². The van der Waals surface area contributed by atoms with Gasteiger partial charge in [0, 0.05) is 41.4 Å². The number of pyridine rings is 1. The molecule has 0 bridgehead atoms. The monoisotopic (exact) mass is 1100 g/mol. The van der Waals surface area contributed by atoms with Crippen LogP contribution in [-0.2, 0) is 65.9 Å². The van der Waals surface area contributed by atoms with Crippen LogP contribution in [0.25, 0.3) is 22.0 Å². The highest BCUT2D eigenvalue weighted by Gasteiger charge is 2.68. The third-order valence-corrected chi connectivity index (χ3v) is 15.3. The molecule has 73 heavy (non-hydrogen) atoms. The molecule has 16 nitrogen and oxygen atoms in total. The molecule has 4 N–H and O–H groups in total. The van der Waals surface area contributed by atoms with Crippen molar-refractivity contribution in [2.45, 2.75) is 93.6 Å². The summed E-state index contributed by atoms with van der Waals surface area (Å²) in [7, 11) is -8.86. The van der Waals surface area contributed by atoms with E-state index in [9.17, 15) is 71.4 Å². The van der Waals surface area contributed by atoms with E-state index in [0.717, 1.165) is 42.7 Å². The van der Waals surface area contributed by atoms with Crippen molar-refractivity contribution >= 4 is 66.0 Å². The van der Waals surface area contributed by atoms with Crippen LogP contribution in [0.2, 0.25) is 5.02 Å². The summed E-state index contributed by atoms with van der Waals surface area (Å²) in [5, 5.41) is 17.6. The number of hydrogen-bond acceptors (Lipinski definition) is 11. The summed E-state index contributed by atoms with van der Waals surface area (Å²) >= 11 is 6.60. The number of amides is 2. The molecule has 2 amide bonds. The molecule has 7 rings (SSSR count). The largest absolute Gasteiger partial charge is 0.481 e. The minimum Gasteiger partial charge on any atom is -0.481 e. The van der Waals surface area contributed by atoms with Crippen molar-refractivity contribution in [3.63, 3.8) is 0 Å². The molecular weight excluding hydrogens is 1060 g/mol. The normalized spacial score (nSPS) is 17.3. The first kappa shape index (κ1) is 54.5. The van der Waals surface area contributed by atoms with Gasteiger partial charge in [-0.1, -0.05) is 23.6 Å². The molecule has 1 saturated carbocycles. The predicted molar refractivity (Wildman–Crippen MR) is 240 cm³/mol. The van der Waals surface area contributed by atoms with E-state index >= 15 is 8.78 Å². The number of aliphatic carboxylic acids is 1. The molecule has 3 heterocycles. The Labute approximate surface area is 412 Å². The molecule has 4 atom stereocenters. The number of carboxylic acid groups (broad SMARTS) is 1. The van der Waals surface area contributed by atoms with Gasteiger partial charge >= 0.3 is 18.3 Å². The maximum atomic E-state index is 15.6. The van der Waals surface area contributed by atoms with Crippen LogP contribution < -0.4 is 15.4 Å². The summed E-state index contributed by atoms with van der Waals surface area (Å²) in [6.07, 6.45) is -11.5. The van der Waals surface area contributed by atoms with Crippen LogP contribution in [0.5, 0.6) is 0 Å². The van der Waals surface area contributed by atoms with Crippen molar-refractivity contribution in [2.24, 2.45) is 11.7 Å². The lowest BCUT2D eigenvalue weighted by atomic mass is 9.93. The van der Waals surface area contributed by atoms with E-state index < -0.39 is 179 Å². The Kier molecular flexibility index (Phi) is 14.1. The van der Waals surface area contributed by atoms with Gasteiger partial charge in [-0.2, -0.15) is 49.6 Å². The topological polar surface area (TPSA) is 230 Å². The number of carbonyl (C=O) groups is 3. The predicted octanol–water partition coefficient (Wildman–Crippen LogP) is 6.78. The zero-order valence-corrected chi connectivity index (χ0v) is 40.5. The van der Waals surface area contributed by atoms with E-state index in [1.165, 1.54) is 13.8 Å². The second-order valence-corrected chi connectivity index (χ2v) is 22.7. The maximum absolute atomic E-state index is 15.6. The summed E-state index contributed by atoms with van der Waals surface area (Å²) in [6.45, 7) is -0.926. The second kappa shape index (κ2) is 18.9. The Balaban J connectivity index is 1.49. The quantitative estimate of drug-likeness (QED) is 0.0729. The molecule has 0 unspecified atom stereocenters. The third kappa shape index (κ3) is 11.1. The Morgan fingerprint density at radius 3 is 2.18 bits per heavy atom. The molecule has 392 valence electrons. The fourth-order valence-corrected chi connectivity index (χ4v) is 9.76. The Morgan fingerprint density at radius 1 is 0.973 bits per heavy atom. The van der Waals surface area contributed by atoms with E-state index in [0.29, 0.717) is 12.3 Å². The number of nitrogens with one attached hydrogen (secondary N) is 1. The maximum Gasteiger partial charge on any atom is 0.435 e. The van der Waals surface area contributed by atoms with Crippen molar-refractivity contribution < 1.29 is 80.2 Å². The number of nitrogens with two attached hydrogens (primary N) is 1. The second-order valence-electron chi connectivity index (χ2n) is 17.9. The number of aromatic nitrogens is 5. The van der Waals surface area contributed by atoms with Crippen molar-refractivity contribution in [1.82, 2.24) is 29.9 Å². The molecule has 2 aliphatic carbocycles. The van der Waals surface area contributed by atoms with Gasteiger partial charge in [0.15, 0.2) is 21.3 Å².